The highest BCUT2D eigenvalue weighted by atomic mass is 32.2. The molecule has 96 valence electrons. The third-order valence-electron chi connectivity index (χ3n) is 3.56. The largest absolute Gasteiger partial charge is 0.330 e. The summed E-state index contributed by atoms with van der Waals surface area (Å²) < 4.78 is 26.2. The summed E-state index contributed by atoms with van der Waals surface area (Å²) >= 11 is 0. The standard InChI is InChI=1S/C11H24N2O2S/c1-9-4-5-11(8-10(9)2)13-16(14,15)7-3-6-12/h9-11,13H,3-8,12H2,1-2H3. The molecule has 0 heterocycles. The van der Waals surface area contributed by atoms with Crippen LogP contribution in [0.1, 0.15) is 39.5 Å². The van der Waals surface area contributed by atoms with Gasteiger partial charge in [-0.05, 0) is 44.1 Å². The van der Waals surface area contributed by atoms with E-state index in [1.54, 1.807) is 0 Å². The molecule has 16 heavy (non-hydrogen) atoms. The van der Waals surface area contributed by atoms with Gasteiger partial charge >= 0.3 is 0 Å². The van der Waals surface area contributed by atoms with Crippen molar-refractivity contribution in [2.75, 3.05) is 12.3 Å². The van der Waals surface area contributed by atoms with Crippen LogP contribution in [0.5, 0.6) is 0 Å². The van der Waals surface area contributed by atoms with Crippen molar-refractivity contribution < 1.29 is 8.42 Å². The van der Waals surface area contributed by atoms with Gasteiger partial charge in [0.05, 0.1) is 5.75 Å². The van der Waals surface area contributed by atoms with E-state index in [1.165, 1.54) is 0 Å². The van der Waals surface area contributed by atoms with Crippen LogP contribution in [0.2, 0.25) is 0 Å². The van der Waals surface area contributed by atoms with Crippen LogP contribution < -0.4 is 10.5 Å². The zero-order valence-electron chi connectivity index (χ0n) is 10.3. The molecule has 0 spiro atoms. The Bertz CT molecular complexity index is 303. The molecule has 0 aromatic heterocycles. The Labute approximate surface area is 99.0 Å². The lowest BCUT2D eigenvalue weighted by Crippen LogP contribution is -2.41. The lowest BCUT2D eigenvalue weighted by molar-refractivity contribution is 0.242. The summed E-state index contributed by atoms with van der Waals surface area (Å²) in [5.41, 5.74) is 5.32. The Kier molecular flexibility index (Phi) is 5.21. The van der Waals surface area contributed by atoms with E-state index in [0.717, 1.165) is 19.3 Å². The molecule has 3 N–H and O–H groups in total. The summed E-state index contributed by atoms with van der Waals surface area (Å²) in [7, 11) is -3.11. The quantitative estimate of drug-likeness (QED) is 0.764. The zero-order chi connectivity index (χ0) is 12.2. The van der Waals surface area contributed by atoms with E-state index < -0.39 is 10.0 Å². The molecule has 5 heteroatoms. The molecule has 1 fully saturated rings. The first-order chi connectivity index (χ1) is 7.44. The molecule has 1 aliphatic rings. The van der Waals surface area contributed by atoms with Crippen LogP contribution in [0.15, 0.2) is 0 Å². The Hall–Kier alpha value is -0.130. The Morgan fingerprint density at radius 1 is 1.25 bits per heavy atom. The average Bonchev–Trinajstić information content (AvgIpc) is 2.20. The van der Waals surface area contributed by atoms with Crippen LogP contribution >= 0.6 is 0 Å². The topological polar surface area (TPSA) is 72.2 Å². The fraction of sp³-hybridized carbons (Fsp3) is 1.00. The second-order valence-electron chi connectivity index (χ2n) is 5.04. The van der Waals surface area contributed by atoms with Gasteiger partial charge in [-0.1, -0.05) is 13.8 Å². The monoisotopic (exact) mass is 248 g/mol. The van der Waals surface area contributed by atoms with Crippen molar-refractivity contribution in [1.82, 2.24) is 4.72 Å². The van der Waals surface area contributed by atoms with Crippen LogP contribution in [0.3, 0.4) is 0 Å². The minimum Gasteiger partial charge on any atom is -0.330 e. The lowest BCUT2D eigenvalue weighted by atomic mass is 9.79. The number of nitrogens with one attached hydrogen (secondary N) is 1. The van der Waals surface area contributed by atoms with E-state index in [9.17, 15) is 8.42 Å². The normalized spacial score (nSPS) is 31.6. The number of rotatable bonds is 5. The maximum atomic E-state index is 11.7. The second kappa shape index (κ2) is 5.98. The summed E-state index contributed by atoms with van der Waals surface area (Å²) in [6.45, 7) is 4.87. The van der Waals surface area contributed by atoms with Crippen molar-refractivity contribution in [3.8, 4) is 0 Å². The van der Waals surface area contributed by atoms with Gasteiger partial charge in [-0.15, -0.1) is 0 Å². The fourth-order valence-electron chi connectivity index (χ4n) is 2.24. The predicted molar refractivity (Wildman–Crippen MR) is 66.6 cm³/mol. The molecule has 0 radical (unpaired) electrons. The minimum absolute atomic E-state index is 0.133. The Morgan fingerprint density at radius 3 is 2.50 bits per heavy atom. The van der Waals surface area contributed by atoms with E-state index in [4.69, 9.17) is 5.73 Å². The van der Waals surface area contributed by atoms with E-state index in [0.29, 0.717) is 24.8 Å². The third kappa shape index (κ3) is 4.39. The maximum Gasteiger partial charge on any atom is 0.211 e. The van der Waals surface area contributed by atoms with Crippen molar-refractivity contribution in [3.05, 3.63) is 0 Å². The van der Waals surface area contributed by atoms with Gasteiger partial charge in [0.15, 0.2) is 0 Å². The molecule has 0 aliphatic heterocycles. The first-order valence-electron chi connectivity index (χ1n) is 6.14. The molecule has 1 aliphatic carbocycles. The van der Waals surface area contributed by atoms with Gasteiger partial charge in [-0.25, -0.2) is 13.1 Å². The number of sulfonamides is 1. The number of hydrogen-bond donors (Lipinski definition) is 2. The van der Waals surface area contributed by atoms with Gasteiger partial charge in [0.25, 0.3) is 0 Å². The predicted octanol–water partition coefficient (Wildman–Crippen LogP) is 1.08. The molecule has 3 unspecified atom stereocenters. The van der Waals surface area contributed by atoms with Crippen molar-refractivity contribution in [2.24, 2.45) is 17.6 Å². The molecule has 1 rings (SSSR count). The van der Waals surface area contributed by atoms with Crippen molar-refractivity contribution in [2.45, 2.75) is 45.6 Å². The number of nitrogens with two attached hydrogens (primary N) is 1. The van der Waals surface area contributed by atoms with E-state index >= 15 is 0 Å². The van der Waals surface area contributed by atoms with Crippen LogP contribution in [0.4, 0.5) is 0 Å². The van der Waals surface area contributed by atoms with Crippen molar-refractivity contribution in [1.29, 1.82) is 0 Å². The van der Waals surface area contributed by atoms with Crippen LogP contribution in [-0.2, 0) is 10.0 Å². The van der Waals surface area contributed by atoms with Crippen molar-refractivity contribution in [3.63, 3.8) is 0 Å². The second-order valence-corrected chi connectivity index (χ2v) is 6.92. The minimum atomic E-state index is -3.11. The van der Waals surface area contributed by atoms with Gasteiger partial charge in [0.2, 0.25) is 10.0 Å². The maximum absolute atomic E-state index is 11.7. The number of hydrogen-bond acceptors (Lipinski definition) is 3. The third-order valence-corrected chi connectivity index (χ3v) is 5.08. The fourth-order valence-corrected chi connectivity index (χ4v) is 3.63. The summed E-state index contributed by atoms with van der Waals surface area (Å²) in [6, 6.07) is 0.133. The Morgan fingerprint density at radius 2 is 1.94 bits per heavy atom. The van der Waals surface area contributed by atoms with Crippen LogP contribution in [0.25, 0.3) is 0 Å². The molecule has 0 amide bonds. The molecular formula is C11H24N2O2S. The summed E-state index contributed by atoms with van der Waals surface area (Å²) in [5.74, 6) is 1.48. The van der Waals surface area contributed by atoms with E-state index in [1.807, 2.05) is 0 Å². The van der Waals surface area contributed by atoms with E-state index in [-0.39, 0.29) is 11.8 Å². The highest BCUT2D eigenvalue weighted by Crippen LogP contribution is 2.29. The van der Waals surface area contributed by atoms with Gasteiger partial charge < -0.3 is 5.73 Å². The van der Waals surface area contributed by atoms with Gasteiger partial charge in [-0.2, -0.15) is 0 Å². The van der Waals surface area contributed by atoms with Crippen LogP contribution in [0, 0.1) is 11.8 Å². The van der Waals surface area contributed by atoms with Gasteiger partial charge in [-0.3, -0.25) is 0 Å². The highest BCUT2D eigenvalue weighted by Gasteiger charge is 2.27. The summed E-state index contributed by atoms with van der Waals surface area (Å²) in [5, 5.41) is 0. The molecule has 4 nitrogen and oxygen atoms in total. The Balaban J connectivity index is 2.42. The van der Waals surface area contributed by atoms with Gasteiger partial charge in [0.1, 0.15) is 0 Å². The average molecular weight is 248 g/mol. The SMILES string of the molecule is CC1CCC(NS(=O)(=O)CCCN)CC1C. The highest BCUT2D eigenvalue weighted by molar-refractivity contribution is 7.89. The van der Waals surface area contributed by atoms with E-state index in [2.05, 4.69) is 18.6 Å². The summed E-state index contributed by atoms with van der Waals surface area (Å²) in [6.07, 6.45) is 3.58. The molecule has 0 saturated heterocycles. The first-order valence-corrected chi connectivity index (χ1v) is 7.80. The summed E-state index contributed by atoms with van der Waals surface area (Å²) in [4.78, 5) is 0. The molecule has 3 atom stereocenters. The molecule has 0 aromatic carbocycles. The van der Waals surface area contributed by atoms with Gasteiger partial charge in [0, 0.05) is 6.04 Å². The van der Waals surface area contributed by atoms with Crippen LogP contribution in [-0.4, -0.2) is 26.8 Å². The molecule has 1 saturated carbocycles. The lowest BCUT2D eigenvalue weighted by Gasteiger charge is -2.32. The molecule has 0 aromatic rings. The van der Waals surface area contributed by atoms with Crippen molar-refractivity contribution >= 4 is 10.0 Å². The smallest absolute Gasteiger partial charge is 0.211 e. The first kappa shape index (κ1) is 13.9. The molecule has 0 bridgehead atoms. The zero-order valence-corrected chi connectivity index (χ0v) is 11.1. The molecular weight excluding hydrogens is 224 g/mol.